The molecule has 1 aromatic carbocycles. The third-order valence-electron chi connectivity index (χ3n) is 2.84. The Kier molecular flexibility index (Phi) is 6.03. The molecule has 120 valence electrons. The van der Waals surface area contributed by atoms with Crippen LogP contribution >= 0.6 is 0 Å². The third kappa shape index (κ3) is 6.34. The van der Waals surface area contributed by atoms with Crippen molar-refractivity contribution in [2.24, 2.45) is 0 Å². The van der Waals surface area contributed by atoms with Gasteiger partial charge in [-0.2, -0.15) is 17.5 Å². The fraction of sp³-hybridized carbons (Fsp3) is 0.538. The molecular weight excluding hydrogens is 305 g/mol. The van der Waals surface area contributed by atoms with Gasteiger partial charge in [-0.05, 0) is 24.1 Å². The molecule has 0 saturated heterocycles. The normalized spacial score (nSPS) is 12.8. The van der Waals surface area contributed by atoms with Crippen LogP contribution in [0.5, 0.6) is 0 Å². The minimum absolute atomic E-state index is 0.132. The van der Waals surface area contributed by atoms with E-state index in [1.807, 2.05) is 0 Å². The number of hydrogen-bond acceptors (Lipinski definition) is 3. The quantitative estimate of drug-likeness (QED) is 0.785. The van der Waals surface area contributed by atoms with Crippen LogP contribution in [0.25, 0.3) is 0 Å². The first-order valence-electron chi connectivity index (χ1n) is 6.53. The van der Waals surface area contributed by atoms with Crippen LogP contribution in [0.4, 0.5) is 18.9 Å². The average Bonchev–Trinajstić information content (AvgIpc) is 2.35. The Morgan fingerprint density at radius 2 is 1.76 bits per heavy atom. The van der Waals surface area contributed by atoms with Crippen LogP contribution in [-0.4, -0.2) is 32.0 Å². The van der Waals surface area contributed by atoms with E-state index in [0.29, 0.717) is 28.4 Å². The predicted molar refractivity (Wildman–Crippen MR) is 76.0 cm³/mol. The molecule has 0 heterocycles. The summed E-state index contributed by atoms with van der Waals surface area (Å²) in [7, 11) is -4.02. The highest BCUT2D eigenvalue weighted by Crippen LogP contribution is 2.21. The first-order chi connectivity index (χ1) is 9.64. The van der Waals surface area contributed by atoms with Crippen molar-refractivity contribution in [2.45, 2.75) is 31.7 Å². The molecule has 0 amide bonds. The van der Waals surface area contributed by atoms with Crippen molar-refractivity contribution in [3.8, 4) is 0 Å². The maximum atomic E-state index is 12.5. The van der Waals surface area contributed by atoms with Crippen molar-refractivity contribution in [1.82, 2.24) is 4.31 Å². The van der Waals surface area contributed by atoms with Crippen LogP contribution in [0.3, 0.4) is 0 Å². The predicted octanol–water partition coefficient (Wildman–Crippen LogP) is 2.76. The summed E-state index contributed by atoms with van der Waals surface area (Å²) in [6.45, 7) is 0.204. The van der Waals surface area contributed by atoms with Crippen LogP contribution in [-0.2, 0) is 15.8 Å². The van der Waals surface area contributed by atoms with Crippen molar-refractivity contribution in [2.75, 3.05) is 18.8 Å². The molecule has 8 heteroatoms. The Bertz CT molecular complexity index is 542. The molecule has 4 nitrogen and oxygen atoms in total. The molecule has 0 aliphatic carbocycles. The fourth-order valence-electron chi connectivity index (χ4n) is 1.77. The third-order valence-corrected chi connectivity index (χ3v) is 4.64. The van der Waals surface area contributed by atoms with Crippen molar-refractivity contribution >= 4 is 15.7 Å². The zero-order valence-electron chi connectivity index (χ0n) is 11.7. The van der Waals surface area contributed by atoms with Gasteiger partial charge in [-0.25, -0.2) is 8.42 Å². The highest BCUT2D eigenvalue weighted by atomic mass is 32.2. The van der Waals surface area contributed by atoms with Gasteiger partial charge in [0.05, 0.1) is 5.75 Å². The van der Waals surface area contributed by atoms with E-state index < -0.39 is 28.5 Å². The average molecular weight is 324 g/mol. The standard InChI is InChI=1S/C13H19F3N2O2S/c1-2-3-8-18(10-13(14,15)16)21(19,20)9-11-4-6-12(17)7-5-11/h4-7H,2-3,8-10,17H2,1H3. The molecule has 1 rings (SSSR count). The topological polar surface area (TPSA) is 63.4 Å². The lowest BCUT2D eigenvalue weighted by Gasteiger charge is -2.23. The van der Waals surface area contributed by atoms with Crippen molar-refractivity contribution < 1.29 is 21.6 Å². The van der Waals surface area contributed by atoms with Crippen LogP contribution in [0.15, 0.2) is 24.3 Å². The number of benzene rings is 1. The molecule has 2 N–H and O–H groups in total. The van der Waals surface area contributed by atoms with Crippen LogP contribution < -0.4 is 5.73 Å². The number of anilines is 1. The lowest BCUT2D eigenvalue weighted by Crippen LogP contribution is -2.40. The smallest absolute Gasteiger partial charge is 0.399 e. The van der Waals surface area contributed by atoms with E-state index in [-0.39, 0.29) is 6.54 Å². The first-order valence-corrected chi connectivity index (χ1v) is 8.14. The molecule has 0 saturated carbocycles. The number of nitrogens with zero attached hydrogens (tertiary/aromatic N) is 1. The molecule has 0 fully saturated rings. The molecule has 0 unspecified atom stereocenters. The molecule has 0 aromatic heterocycles. The van der Waals surface area contributed by atoms with Gasteiger partial charge in [-0.3, -0.25) is 0 Å². The highest BCUT2D eigenvalue weighted by Gasteiger charge is 2.35. The maximum absolute atomic E-state index is 12.5. The number of hydrogen-bond donors (Lipinski definition) is 1. The number of rotatable bonds is 7. The minimum atomic E-state index is -4.55. The van der Waals surface area contributed by atoms with E-state index in [9.17, 15) is 21.6 Å². The molecule has 0 atom stereocenters. The monoisotopic (exact) mass is 324 g/mol. The van der Waals surface area contributed by atoms with E-state index in [1.54, 1.807) is 6.92 Å². The summed E-state index contributed by atoms with van der Waals surface area (Å²) < 4.78 is 62.4. The number of sulfonamides is 1. The number of nitrogens with two attached hydrogens (primary N) is 1. The van der Waals surface area contributed by atoms with Gasteiger partial charge >= 0.3 is 6.18 Å². The summed E-state index contributed by atoms with van der Waals surface area (Å²) in [5.41, 5.74) is 6.37. The van der Waals surface area contributed by atoms with Crippen LogP contribution in [0, 0.1) is 0 Å². The second-order valence-electron chi connectivity index (χ2n) is 4.80. The van der Waals surface area contributed by atoms with Gasteiger partial charge in [0.1, 0.15) is 6.54 Å². The zero-order chi connectivity index (χ0) is 16.1. The summed E-state index contributed by atoms with van der Waals surface area (Å²) in [6.07, 6.45) is -3.55. The second-order valence-corrected chi connectivity index (χ2v) is 6.77. The lowest BCUT2D eigenvalue weighted by atomic mass is 10.2. The van der Waals surface area contributed by atoms with Gasteiger partial charge in [0, 0.05) is 12.2 Å². The summed E-state index contributed by atoms with van der Waals surface area (Å²) >= 11 is 0. The summed E-state index contributed by atoms with van der Waals surface area (Å²) in [5, 5.41) is 0. The highest BCUT2D eigenvalue weighted by molar-refractivity contribution is 7.88. The maximum Gasteiger partial charge on any atom is 0.402 e. The Labute approximate surface area is 122 Å². The van der Waals surface area contributed by atoms with E-state index in [0.717, 1.165) is 0 Å². The molecular formula is C13H19F3N2O2S. The van der Waals surface area contributed by atoms with Gasteiger partial charge in [-0.1, -0.05) is 25.5 Å². The number of alkyl halides is 3. The lowest BCUT2D eigenvalue weighted by molar-refractivity contribution is -0.136. The van der Waals surface area contributed by atoms with Crippen LogP contribution in [0.2, 0.25) is 0 Å². The number of halogens is 3. The second kappa shape index (κ2) is 7.13. The van der Waals surface area contributed by atoms with Crippen molar-refractivity contribution in [3.05, 3.63) is 29.8 Å². The molecule has 0 spiro atoms. The molecule has 21 heavy (non-hydrogen) atoms. The van der Waals surface area contributed by atoms with E-state index in [4.69, 9.17) is 5.73 Å². The Hall–Kier alpha value is -1.28. The fourth-order valence-corrected chi connectivity index (χ4v) is 3.31. The van der Waals surface area contributed by atoms with Gasteiger partial charge < -0.3 is 5.73 Å². The van der Waals surface area contributed by atoms with Gasteiger partial charge in [0.2, 0.25) is 10.0 Å². The molecule has 0 aliphatic rings. The van der Waals surface area contributed by atoms with E-state index >= 15 is 0 Å². The SMILES string of the molecule is CCCCN(CC(F)(F)F)S(=O)(=O)Cc1ccc(N)cc1. The Morgan fingerprint density at radius 1 is 1.19 bits per heavy atom. The Balaban J connectivity index is 2.89. The molecule has 0 bridgehead atoms. The minimum Gasteiger partial charge on any atom is -0.399 e. The molecule has 0 radical (unpaired) electrons. The summed E-state index contributed by atoms with van der Waals surface area (Å²) in [5.74, 6) is -0.465. The van der Waals surface area contributed by atoms with Crippen molar-refractivity contribution in [3.63, 3.8) is 0 Å². The number of nitrogen functional groups attached to an aromatic ring is 1. The van der Waals surface area contributed by atoms with Crippen LogP contribution in [0.1, 0.15) is 25.3 Å². The Morgan fingerprint density at radius 3 is 2.24 bits per heavy atom. The number of unbranched alkanes of at least 4 members (excludes halogenated alkanes) is 1. The van der Waals surface area contributed by atoms with E-state index in [2.05, 4.69) is 0 Å². The largest absolute Gasteiger partial charge is 0.402 e. The summed E-state index contributed by atoms with van der Waals surface area (Å²) in [4.78, 5) is 0. The molecule has 1 aromatic rings. The van der Waals surface area contributed by atoms with Gasteiger partial charge in [0.25, 0.3) is 0 Å². The summed E-state index contributed by atoms with van der Waals surface area (Å²) in [6, 6.07) is 6.03. The van der Waals surface area contributed by atoms with Gasteiger partial charge in [0.15, 0.2) is 0 Å². The van der Waals surface area contributed by atoms with E-state index in [1.165, 1.54) is 24.3 Å². The zero-order valence-corrected chi connectivity index (χ0v) is 12.5. The first kappa shape index (κ1) is 17.8. The van der Waals surface area contributed by atoms with Gasteiger partial charge in [-0.15, -0.1) is 0 Å². The van der Waals surface area contributed by atoms with Crippen molar-refractivity contribution in [1.29, 1.82) is 0 Å². The molecule has 0 aliphatic heterocycles.